The molecule has 1 aliphatic rings. The Balaban J connectivity index is 1.76. The van der Waals surface area contributed by atoms with Crippen LogP contribution in [0.25, 0.3) is 0 Å². The zero-order valence-electron chi connectivity index (χ0n) is 16.3. The molecule has 0 radical (unpaired) electrons. The van der Waals surface area contributed by atoms with Crippen molar-refractivity contribution in [2.24, 2.45) is 0 Å². The second-order valence-corrected chi connectivity index (χ2v) is 6.89. The maximum atomic E-state index is 12.7. The van der Waals surface area contributed by atoms with Crippen LogP contribution in [-0.4, -0.2) is 30.8 Å². The monoisotopic (exact) mass is 394 g/mol. The third-order valence-electron chi connectivity index (χ3n) is 4.82. The lowest BCUT2D eigenvalue weighted by Gasteiger charge is -2.19. The number of carbonyl (C=O) groups is 4. The van der Waals surface area contributed by atoms with Crippen LogP contribution < -0.4 is 10.2 Å². The normalized spacial score (nSPS) is 14.6. The minimum atomic E-state index is -0.544. The molecule has 3 rings (SSSR count). The maximum absolute atomic E-state index is 12.7. The molecule has 0 bridgehead atoms. The van der Waals surface area contributed by atoms with Crippen LogP contribution in [0.2, 0.25) is 0 Å². The molecule has 1 fully saturated rings. The van der Waals surface area contributed by atoms with Gasteiger partial charge in [-0.05, 0) is 36.8 Å². The Morgan fingerprint density at radius 3 is 2.14 bits per heavy atom. The average Bonchev–Trinajstić information content (AvgIpc) is 3.06. The summed E-state index contributed by atoms with van der Waals surface area (Å²) in [5.41, 5.74) is 2.66. The minimum absolute atomic E-state index is 0.000165. The molecule has 1 saturated heterocycles. The van der Waals surface area contributed by atoms with Crippen molar-refractivity contribution in [2.75, 3.05) is 12.0 Å². The maximum Gasteiger partial charge on any atom is 0.307 e. The third kappa shape index (κ3) is 4.68. The summed E-state index contributed by atoms with van der Waals surface area (Å²) in [6.07, 6.45) is 0.403. The Labute approximate surface area is 168 Å². The summed E-state index contributed by atoms with van der Waals surface area (Å²) in [5.74, 6) is -1.29. The van der Waals surface area contributed by atoms with Crippen LogP contribution in [0.5, 0.6) is 0 Å². The summed E-state index contributed by atoms with van der Waals surface area (Å²) in [4.78, 5) is 49.3. The van der Waals surface area contributed by atoms with Gasteiger partial charge in [0, 0.05) is 18.4 Å². The number of nitrogens with one attached hydrogen (secondary N) is 1. The highest BCUT2D eigenvalue weighted by Crippen LogP contribution is 2.24. The van der Waals surface area contributed by atoms with E-state index in [1.807, 2.05) is 31.2 Å². The Morgan fingerprint density at radius 2 is 1.59 bits per heavy atom. The van der Waals surface area contributed by atoms with Crippen molar-refractivity contribution in [2.45, 2.75) is 32.2 Å². The molecule has 1 aliphatic heterocycles. The van der Waals surface area contributed by atoms with Gasteiger partial charge in [0.2, 0.25) is 11.8 Å². The van der Waals surface area contributed by atoms with E-state index in [1.54, 1.807) is 24.3 Å². The number of hydrogen-bond acceptors (Lipinski definition) is 5. The van der Waals surface area contributed by atoms with Crippen LogP contribution in [0.15, 0.2) is 48.5 Å². The topological polar surface area (TPSA) is 92.8 Å². The summed E-state index contributed by atoms with van der Waals surface area (Å²) in [7, 11) is 1.30. The Hall–Kier alpha value is -3.48. The molecule has 2 aromatic carbocycles. The van der Waals surface area contributed by atoms with Gasteiger partial charge in [0.05, 0.1) is 25.3 Å². The quantitative estimate of drug-likeness (QED) is 0.601. The molecule has 29 heavy (non-hydrogen) atoms. The number of imide groups is 1. The first-order chi connectivity index (χ1) is 13.9. The number of esters is 1. The number of amides is 3. The van der Waals surface area contributed by atoms with Crippen molar-refractivity contribution >= 4 is 29.4 Å². The van der Waals surface area contributed by atoms with Crippen LogP contribution >= 0.6 is 0 Å². The smallest absolute Gasteiger partial charge is 0.307 e. The average molecular weight is 394 g/mol. The van der Waals surface area contributed by atoms with Gasteiger partial charge in [-0.1, -0.05) is 29.8 Å². The second-order valence-electron chi connectivity index (χ2n) is 6.89. The van der Waals surface area contributed by atoms with E-state index in [9.17, 15) is 19.2 Å². The summed E-state index contributed by atoms with van der Waals surface area (Å²) in [5, 5.41) is 2.85. The van der Waals surface area contributed by atoms with Crippen LogP contribution in [0.3, 0.4) is 0 Å². The number of anilines is 1. The highest BCUT2D eigenvalue weighted by Gasteiger charge is 2.30. The van der Waals surface area contributed by atoms with Gasteiger partial charge in [-0.3, -0.25) is 24.1 Å². The lowest BCUT2D eigenvalue weighted by Crippen LogP contribution is -2.31. The van der Waals surface area contributed by atoms with Gasteiger partial charge in [-0.2, -0.15) is 0 Å². The predicted molar refractivity (Wildman–Crippen MR) is 106 cm³/mol. The molecule has 0 spiro atoms. The van der Waals surface area contributed by atoms with E-state index in [2.05, 4.69) is 5.32 Å². The second kappa shape index (κ2) is 8.68. The molecular formula is C22H22N2O5. The van der Waals surface area contributed by atoms with Crippen molar-refractivity contribution in [3.05, 3.63) is 65.2 Å². The van der Waals surface area contributed by atoms with E-state index in [1.165, 1.54) is 7.11 Å². The van der Waals surface area contributed by atoms with Crippen LogP contribution in [0, 0.1) is 6.92 Å². The molecule has 0 unspecified atom stereocenters. The first kappa shape index (κ1) is 20.3. The van der Waals surface area contributed by atoms with E-state index < -0.39 is 12.0 Å². The molecule has 7 nitrogen and oxygen atoms in total. The summed E-state index contributed by atoms with van der Waals surface area (Å²) in [6.45, 7) is 1.95. The number of carbonyl (C=O) groups excluding carboxylic acids is 4. The van der Waals surface area contributed by atoms with E-state index in [0.29, 0.717) is 11.3 Å². The number of ether oxygens (including phenoxy) is 1. The molecule has 0 aromatic heterocycles. The molecule has 0 aliphatic carbocycles. The first-order valence-corrected chi connectivity index (χ1v) is 9.29. The van der Waals surface area contributed by atoms with Gasteiger partial charge >= 0.3 is 5.97 Å². The van der Waals surface area contributed by atoms with Gasteiger partial charge in [-0.25, -0.2) is 0 Å². The predicted octanol–water partition coefficient (Wildman–Crippen LogP) is 2.68. The number of aryl methyl sites for hydroxylation is 1. The van der Waals surface area contributed by atoms with E-state index in [0.717, 1.165) is 16.0 Å². The Morgan fingerprint density at radius 1 is 1.00 bits per heavy atom. The van der Waals surface area contributed by atoms with Crippen molar-refractivity contribution in [3.8, 4) is 0 Å². The summed E-state index contributed by atoms with van der Waals surface area (Å²) < 4.78 is 4.75. The fraction of sp³-hybridized carbons (Fsp3) is 0.273. The first-order valence-electron chi connectivity index (χ1n) is 9.29. The molecule has 0 saturated carbocycles. The van der Waals surface area contributed by atoms with Crippen molar-refractivity contribution in [3.63, 3.8) is 0 Å². The third-order valence-corrected chi connectivity index (χ3v) is 4.82. The molecule has 3 amide bonds. The van der Waals surface area contributed by atoms with E-state index in [-0.39, 0.29) is 37.0 Å². The largest absolute Gasteiger partial charge is 0.469 e. The molecule has 7 heteroatoms. The van der Waals surface area contributed by atoms with Gasteiger partial charge in [0.15, 0.2) is 0 Å². The number of benzene rings is 2. The van der Waals surface area contributed by atoms with Crippen LogP contribution in [0.1, 0.15) is 46.8 Å². The van der Waals surface area contributed by atoms with Crippen molar-refractivity contribution < 1.29 is 23.9 Å². The Bertz CT molecular complexity index is 919. The van der Waals surface area contributed by atoms with Gasteiger partial charge in [0.1, 0.15) is 0 Å². The summed E-state index contributed by atoms with van der Waals surface area (Å²) >= 11 is 0. The standard InChI is InChI=1S/C22H22N2O5/c1-14-3-5-15(6-4-14)18(13-21(27)29-2)23-22(28)16-7-9-17(10-8-16)24-19(25)11-12-20(24)26/h3-10,18H,11-13H2,1-2H3,(H,23,28)/t18-/m1/s1. The number of methoxy groups -OCH3 is 1. The Kier molecular flexibility index (Phi) is 6.07. The lowest BCUT2D eigenvalue weighted by molar-refractivity contribution is -0.141. The van der Waals surface area contributed by atoms with Crippen molar-refractivity contribution in [1.82, 2.24) is 5.32 Å². The van der Waals surface area contributed by atoms with Gasteiger partial charge in [-0.15, -0.1) is 0 Å². The SMILES string of the molecule is COC(=O)C[C@@H](NC(=O)c1ccc(N2C(=O)CCC2=O)cc1)c1ccc(C)cc1. The van der Waals surface area contributed by atoms with Crippen molar-refractivity contribution in [1.29, 1.82) is 0 Å². The number of rotatable bonds is 6. The molecule has 2 aromatic rings. The zero-order chi connectivity index (χ0) is 21.0. The zero-order valence-corrected chi connectivity index (χ0v) is 16.3. The fourth-order valence-corrected chi connectivity index (χ4v) is 3.17. The molecular weight excluding hydrogens is 372 g/mol. The van der Waals surface area contributed by atoms with E-state index in [4.69, 9.17) is 4.74 Å². The molecule has 1 atom stereocenters. The molecule has 1 N–H and O–H groups in total. The highest BCUT2D eigenvalue weighted by atomic mass is 16.5. The van der Waals surface area contributed by atoms with Crippen LogP contribution in [-0.2, 0) is 19.1 Å². The fourth-order valence-electron chi connectivity index (χ4n) is 3.17. The number of hydrogen-bond donors (Lipinski definition) is 1. The number of nitrogens with zero attached hydrogens (tertiary/aromatic N) is 1. The summed E-state index contributed by atoms with van der Waals surface area (Å²) in [6, 6.07) is 13.2. The van der Waals surface area contributed by atoms with Crippen LogP contribution in [0.4, 0.5) is 5.69 Å². The minimum Gasteiger partial charge on any atom is -0.469 e. The van der Waals surface area contributed by atoms with Gasteiger partial charge in [0.25, 0.3) is 5.91 Å². The van der Waals surface area contributed by atoms with E-state index >= 15 is 0 Å². The van der Waals surface area contributed by atoms with Gasteiger partial charge < -0.3 is 10.1 Å². The molecule has 150 valence electrons. The molecule has 1 heterocycles. The highest BCUT2D eigenvalue weighted by molar-refractivity contribution is 6.19. The lowest BCUT2D eigenvalue weighted by atomic mass is 10.0.